The fourth-order valence-corrected chi connectivity index (χ4v) is 6.29. The Bertz CT molecular complexity index is 942. The van der Waals surface area contributed by atoms with E-state index in [0.717, 1.165) is 42.4 Å². The van der Waals surface area contributed by atoms with Crippen LogP contribution in [-0.4, -0.2) is 29.1 Å². The maximum Gasteiger partial charge on any atom is 0.321 e. The first-order valence-electron chi connectivity index (χ1n) is 10.3. The maximum atomic E-state index is 12.5. The van der Waals surface area contributed by atoms with Crippen molar-refractivity contribution in [1.29, 1.82) is 0 Å². The number of hydrogen-bond acceptors (Lipinski definition) is 4. The van der Waals surface area contributed by atoms with Crippen LogP contribution in [0.3, 0.4) is 0 Å². The third kappa shape index (κ3) is 3.66. The molecule has 1 aromatic carbocycles. The molecule has 0 spiro atoms. The standard InChI is InChI=1S/C22H24ClN3O3/c23-17-3-4-18(20-16(17)2-1-5-24-20)29-12-19(27)25-21(28)26-22-9-13-6-14(10-22)8-15(7-13)11-22/h1-5,13-15H,6-12H2,(H2,25,26,27,28). The van der Waals surface area contributed by atoms with Gasteiger partial charge in [-0.05, 0) is 80.5 Å². The van der Waals surface area contributed by atoms with E-state index in [0.29, 0.717) is 16.3 Å². The lowest BCUT2D eigenvalue weighted by molar-refractivity contribution is -0.122. The number of imide groups is 1. The van der Waals surface area contributed by atoms with Gasteiger partial charge in [-0.2, -0.15) is 0 Å². The molecule has 4 aliphatic rings. The van der Waals surface area contributed by atoms with Gasteiger partial charge in [0.1, 0.15) is 11.3 Å². The van der Waals surface area contributed by atoms with Crippen molar-refractivity contribution in [2.45, 2.75) is 44.1 Å². The molecule has 4 bridgehead atoms. The van der Waals surface area contributed by atoms with E-state index in [2.05, 4.69) is 15.6 Å². The molecule has 6 nitrogen and oxygen atoms in total. The van der Waals surface area contributed by atoms with Gasteiger partial charge in [0.05, 0.1) is 5.02 Å². The minimum absolute atomic E-state index is 0.129. The van der Waals surface area contributed by atoms with Crippen molar-refractivity contribution in [3.05, 3.63) is 35.5 Å². The largest absolute Gasteiger partial charge is 0.481 e. The zero-order valence-electron chi connectivity index (χ0n) is 16.1. The molecule has 152 valence electrons. The zero-order chi connectivity index (χ0) is 20.0. The Morgan fingerprint density at radius 1 is 1.10 bits per heavy atom. The van der Waals surface area contributed by atoms with Crippen LogP contribution in [0.25, 0.3) is 10.9 Å². The normalized spacial score (nSPS) is 29.6. The van der Waals surface area contributed by atoms with E-state index in [1.54, 1.807) is 24.4 Å². The predicted octanol–water partition coefficient (Wildman–Crippen LogP) is 4.06. The van der Waals surface area contributed by atoms with Crippen LogP contribution in [-0.2, 0) is 4.79 Å². The number of nitrogens with one attached hydrogen (secondary N) is 2. The molecule has 7 heteroatoms. The van der Waals surface area contributed by atoms with Gasteiger partial charge in [0.25, 0.3) is 5.91 Å². The van der Waals surface area contributed by atoms with Crippen molar-refractivity contribution >= 4 is 34.4 Å². The van der Waals surface area contributed by atoms with Crippen molar-refractivity contribution in [3.63, 3.8) is 0 Å². The van der Waals surface area contributed by atoms with Gasteiger partial charge in [-0.25, -0.2) is 4.79 Å². The molecule has 1 heterocycles. The van der Waals surface area contributed by atoms with Crippen molar-refractivity contribution in [1.82, 2.24) is 15.6 Å². The van der Waals surface area contributed by atoms with Gasteiger partial charge in [0.15, 0.2) is 6.61 Å². The molecule has 1 aromatic heterocycles. The smallest absolute Gasteiger partial charge is 0.321 e. The summed E-state index contributed by atoms with van der Waals surface area (Å²) in [5.41, 5.74) is 0.460. The van der Waals surface area contributed by atoms with E-state index in [1.165, 1.54) is 19.3 Å². The molecule has 4 fully saturated rings. The third-order valence-electron chi connectivity index (χ3n) is 6.71. The molecule has 0 saturated heterocycles. The second-order valence-electron chi connectivity index (χ2n) is 8.93. The van der Waals surface area contributed by atoms with Crippen molar-refractivity contribution in [2.24, 2.45) is 17.8 Å². The van der Waals surface area contributed by atoms with E-state index in [9.17, 15) is 9.59 Å². The summed E-state index contributed by atoms with van der Waals surface area (Å²) in [5, 5.41) is 6.88. The Kier molecular flexibility index (Phi) is 4.62. The molecule has 3 amide bonds. The number of pyridine rings is 1. The van der Waals surface area contributed by atoms with Crippen LogP contribution in [0.15, 0.2) is 30.5 Å². The summed E-state index contributed by atoms with van der Waals surface area (Å²) >= 11 is 6.18. The van der Waals surface area contributed by atoms with E-state index < -0.39 is 11.9 Å². The maximum absolute atomic E-state index is 12.5. The quantitative estimate of drug-likeness (QED) is 0.792. The zero-order valence-corrected chi connectivity index (χ0v) is 16.9. The highest BCUT2D eigenvalue weighted by Gasteiger charge is 2.51. The molecule has 2 N–H and O–H groups in total. The molecule has 4 saturated carbocycles. The molecule has 0 radical (unpaired) electrons. The first-order valence-corrected chi connectivity index (χ1v) is 10.7. The van der Waals surface area contributed by atoms with Gasteiger partial charge in [-0.15, -0.1) is 0 Å². The van der Waals surface area contributed by atoms with Crippen LogP contribution < -0.4 is 15.4 Å². The molecule has 0 atom stereocenters. The summed E-state index contributed by atoms with van der Waals surface area (Å²) in [6.07, 6.45) is 8.68. The van der Waals surface area contributed by atoms with Crippen LogP contribution in [0.5, 0.6) is 5.75 Å². The lowest BCUT2D eigenvalue weighted by atomic mass is 9.53. The topological polar surface area (TPSA) is 80.3 Å². The van der Waals surface area contributed by atoms with E-state index in [-0.39, 0.29) is 12.1 Å². The summed E-state index contributed by atoms with van der Waals surface area (Å²) in [6.45, 7) is -0.262. The number of benzene rings is 1. The number of ether oxygens (including phenoxy) is 1. The van der Waals surface area contributed by atoms with Gasteiger partial charge < -0.3 is 10.1 Å². The Labute approximate surface area is 174 Å². The second-order valence-corrected chi connectivity index (χ2v) is 9.34. The Hall–Kier alpha value is -2.34. The first-order chi connectivity index (χ1) is 14.0. The van der Waals surface area contributed by atoms with Gasteiger partial charge in [-0.3, -0.25) is 15.1 Å². The van der Waals surface area contributed by atoms with Gasteiger partial charge in [-0.1, -0.05) is 11.6 Å². The molecule has 4 aliphatic carbocycles. The second kappa shape index (κ2) is 7.17. The molecule has 0 aliphatic heterocycles. The molecular weight excluding hydrogens is 390 g/mol. The highest BCUT2D eigenvalue weighted by molar-refractivity contribution is 6.35. The Morgan fingerprint density at radius 3 is 2.48 bits per heavy atom. The number of amides is 3. The number of fused-ring (bicyclic) bond motifs is 1. The van der Waals surface area contributed by atoms with Crippen LogP contribution in [0.2, 0.25) is 5.02 Å². The lowest BCUT2D eigenvalue weighted by Gasteiger charge is -2.56. The minimum atomic E-state index is -0.480. The number of hydrogen-bond donors (Lipinski definition) is 2. The number of urea groups is 1. The molecular formula is C22H24ClN3O3. The van der Waals surface area contributed by atoms with Crippen LogP contribution in [0.4, 0.5) is 4.79 Å². The molecule has 2 aromatic rings. The SMILES string of the molecule is O=C(COc1ccc(Cl)c2cccnc12)NC(=O)NC12CC3CC(CC(C3)C1)C2. The van der Waals surface area contributed by atoms with Gasteiger partial charge in [0.2, 0.25) is 0 Å². The van der Waals surface area contributed by atoms with Crippen LogP contribution in [0.1, 0.15) is 38.5 Å². The third-order valence-corrected chi connectivity index (χ3v) is 7.04. The van der Waals surface area contributed by atoms with Crippen molar-refractivity contribution < 1.29 is 14.3 Å². The summed E-state index contributed by atoms with van der Waals surface area (Å²) in [5.74, 6) is 2.16. The minimum Gasteiger partial charge on any atom is -0.481 e. The van der Waals surface area contributed by atoms with Crippen LogP contribution >= 0.6 is 11.6 Å². The average molecular weight is 414 g/mol. The van der Waals surface area contributed by atoms with Gasteiger partial charge >= 0.3 is 6.03 Å². The summed E-state index contributed by atoms with van der Waals surface area (Å²) in [7, 11) is 0. The number of aromatic nitrogens is 1. The fourth-order valence-electron chi connectivity index (χ4n) is 6.07. The number of nitrogens with zero attached hydrogens (tertiary/aromatic N) is 1. The van der Waals surface area contributed by atoms with Gasteiger partial charge in [0, 0.05) is 17.1 Å². The summed E-state index contributed by atoms with van der Waals surface area (Å²) < 4.78 is 5.62. The number of carbonyl (C=O) groups excluding carboxylic acids is 2. The lowest BCUT2D eigenvalue weighted by Crippen LogP contribution is -2.62. The highest BCUT2D eigenvalue weighted by atomic mass is 35.5. The van der Waals surface area contributed by atoms with E-state index in [4.69, 9.17) is 16.3 Å². The highest BCUT2D eigenvalue weighted by Crippen LogP contribution is 2.55. The average Bonchev–Trinajstić information content (AvgIpc) is 2.66. The summed E-state index contributed by atoms with van der Waals surface area (Å²) in [6, 6.07) is 6.61. The number of halogens is 1. The van der Waals surface area contributed by atoms with Crippen molar-refractivity contribution in [3.8, 4) is 5.75 Å². The number of rotatable bonds is 4. The fraction of sp³-hybridized carbons (Fsp3) is 0.500. The number of carbonyl (C=O) groups is 2. The molecule has 29 heavy (non-hydrogen) atoms. The predicted molar refractivity (Wildman–Crippen MR) is 110 cm³/mol. The Balaban J connectivity index is 1.19. The van der Waals surface area contributed by atoms with Crippen LogP contribution in [0, 0.1) is 17.8 Å². The molecule has 0 unspecified atom stereocenters. The van der Waals surface area contributed by atoms with E-state index in [1.807, 2.05) is 6.07 Å². The summed E-state index contributed by atoms with van der Waals surface area (Å²) in [4.78, 5) is 29.0. The monoisotopic (exact) mass is 413 g/mol. The van der Waals surface area contributed by atoms with Crippen molar-refractivity contribution in [2.75, 3.05) is 6.61 Å². The van der Waals surface area contributed by atoms with E-state index >= 15 is 0 Å². The Morgan fingerprint density at radius 2 is 1.79 bits per heavy atom. The first kappa shape index (κ1) is 18.7. The molecule has 6 rings (SSSR count).